The van der Waals surface area contributed by atoms with Crippen LogP contribution < -0.4 is 15.4 Å². The molecule has 1 aromatic carbocycles. The lowest BCUT2D eigenvalue weighted by Gasteiger charge is -2.09. The average Bonchev–Trinajstić information content (AvgIpc) is 2.42. The maximum absolute atomic E-state index is 12.1. The third-order valence-corrected chi connectivity index (χ3v) is 4.02. The van der Waals surface area contributed by atoms with E-state index in [0.717, 1.165) is 6.07 Å². The highest BCUT2D eigenvalue weighted by molar-refractivity contribution is 7.89. The molecule has 0 unspecified atom stereocenters. The van der Waals surface area contributed by atoms with Gasteiger partial charge in [0, 0.05) is 38.8 Å². The van der Waals surface area contributed by atoms with Gasteiger partial charge in [0.15, 0.2) is 4.90 Å². The van der Waals surface area contributed by atoms with E-state index in [0.29, 0.717) is 5.69 Å². The van der Waals surface area contributed by atoms with E-state index in [2.05, 4.69) is 15.4 Å². The maximum Gasteiger partial charge on any atom is 0.289 e. The number of carbonyl (C=O) groups excluding carboxylic acids is 1. The Labute approximate surface area is 121 Å². The summed E-state index contributed by atoms with van der Waals surface area (Å²) < 4.78 is 26.4. The van der Waals surface area contributed by atoms with Crippen LogP contribution in [0.5, 0.6) is 0 Å². The van der Waals surface area contributed by atoms with Crippen molar-refractivity contribution in [2.45, 2.75) is 11.8 Å². The summed E-state index contributed by atoms with van der Waals surface area (Å²) >= 11 is 0. The van der Waals surface area contributed by atoms with Crippen LogP contribution in [0, 0.1) is 10.1 Å². The highest BCUT2D eigenvalue weighted by Crippen LogP contribution is 2.26. The Kier molecular flexibility index (Phi) is 5.61. The lowest BCUT2D eigenvalue weighted by Crippen LogP contribution is -2.33. The molecule has 0 bridgehead atoms. The molecule has 0 spiro atoms. The van der Waals surface area contributed by atoms with Crippen molar-refractivity contribution < 1.29 is 18.1 Å². The summed E-state index contributed by atoms with van der Waals surface area (Å²) in [4.78, 5) is 20.4. The van der Waals surface area contributed by atoms with Crippen molar-refractivity contribution in [3.8, 4) is 0 Å². The summed E-state index contributed by atoms with van der Waals surface area (Å²) in [7, 11) is -2.48. The van der Waals surface area contributed by atoms with E-state index in [-0.39, 0.29) is 19.0 Å². The van der Waals surface area contributed by atoms with E-state index in [1.807, 2.05) is 0 Å². The van der Waals surface area contributed by atoms with E-state index in [9.17, 15) is 23.3 Å². The van der Waals surface area contributed by atoms with Crippen LogP contribution >= 0.6 is 0 Å². The van der Waals surface area contributed by atoms with Crippen molar-refractivity contribution in [3.05, 3.63) is 28.3 Å². The van der Waals surface area contributed by atoms with Gasteiger partial charge >= 0.3 is 0 Å². The molecule has 0 saturated carbocycles. The summed E-state index contributed by atoms with van der Waals surface area (Å²) in [6.45, 7) is 1.33. The number of sulfonamides is 1. The van der Waals surface area contributed by atoms with Crippen molar-refractivity contribution in [2.24, 2.45) is 0 Å². The molecular formula is C11H16N4O5S. The molecule has 0 heterocycles. The lowest BCUT2D eigenvalue weighted by molar-refractivity contribution is -0.387. The zero-order chi connectivity index (χ0) is 16.0. The van der Waals surface area contributed by atoms with E-state index in [1.165, 1.54) is 19.1 Å². The molecule has 0 atom stereocenters. The number of nitrogens with one attached hydrogen (secondary N) is 3. The quantitative estimate of drug-likeness (QED) is 0.370. The Bertz CT molecular complexity index is 644. The Morgan fingerprint density at radius 2 is 2.00 bits per heavy atom. The topological polar surface area (TPSA) is 130 Å². The SMILES string of the molecule is CNc1ccc([N+](=O)[O-])c(S(=O)(=O)NCCNC(C)=O)c1. The highest BCUT2D eigenvalue weighted by atomic mass is 32.2. The molecule has 0 saturated heterocycles. The van der Waals surface area contributed by atoms with Crippen molar-refractivity contribution >= 4 is 27.3 Å². The summed E-state index contributed by atoms with van der Waals surface area (Å²) in [5, 5.41) is 16.1. The molecular weight excluding hydrogens is 300 g/mol. The molecule has 116 valence electrons. The number of nitrogens with zero attached hydrogens (tertiary/aromatic N) is 1. The minimum absolute atomic E-state index is 0.0666. The number of nitro benzene ring substituents is 1. The number of rotatable bonds is 7. The molecule has 3 N–H and O–H groups in total. The second kappa shape index (κ2) is 6.99. The van der Waals surface area contributed by atoms with E-state index < -0.39 is 25.5 Å². The van der Waals surface area contributed by atoms with Crippen LogP contribution in [-0.2, 0) is 14.8 Å². The molecule has 0 aliphatic rings. The van der Waals surface area contributed by atoms with Gasteiger partial charge in [-0.1, -0.05) is 0 Å². The fourth-order valence-electron chi connectivity index (χ4n) is 1.54. The zero-order valence-electron chi connectivity index (χ0n) is 11.5. The van der Waals surface area contributed by atoms with Gasteiger partial charge in [0.2, 0.25) is 15.9 Å². The Hall–Kier alpha value is -2.20. The van der Waals surface area contributed by atoms with Crippen LogP contribution in [0.4, 0.5) is 11.4 Å². The molecule has 0 aliphatic heterocycles. The number of hydrogen-bond acceptors (Lipinski definition) is 6. The first-order chi connectivity index (χ1) is 9.77. The minimum Gasteiger partial charge on any atom is -0.388 e. The molecule has 0 fully saturated rings. The largest absolute Gasteiger partial charge is 0.388 e. The highest BCUT2D eigenvalue weighted by Gasteiger charge is 2.25. The number of hydrogen-bond donors (Lipinski definition) is 3. The second-order valence-electron chi connectivity index (χ2n) is 4.07. The third-order valence-electron chi connectivity index (χ3n) is 2.53. The first-order valence-electron chi connectivity index (χ1n) is 5.98. The molecule has 1 rings (SSSR count). The number of nitro groups is 1. The van der Waals surface area contributed by atoms with Gasteiger partial charge in [0.1, 0.15) is 0 Å². The molecule has 0 aliphatic carbocycles. The fraction of sp³-hybridized carbons (Fsp3) is 0.364. The molecule has 10 heteroatoms. The van der Waals surface area contributed by atoms with E-state index in [1.54, 1.807) is 7.05 Å². The van der Waals surface area contributed by atoms with Crippen LogP contribution in [0.1, 0.15) is 6.92 Å². The molecule has 21 heavy (non-hydrogen) atoms. The summed E-state index contributed by atoms with van der Waals surface area (Å²) in [5.41, 5.74) is -0.0798. The number of benzene rings is 1. The van der Waals surface area contributed by atoms with Crippen molar-refractivity contribution in [1.82, 2.24) is 10.0 Å². The van der Waals surface area contributed by atoms with Crippen molar-refractivity contribution in [1.29, 1.82) is 0 Å². The Morgan fingerprint density at radius 1 is 1.33 bits per heavy atom. The van der Waals surface area contributed by atoms with Gasteiger partial charge < -0.3 is 10.6 Å². The number of amides is 1. The van der Waals surface area contributed by atoms with E-state index in [4.69, 9.17) is 0 Å². The van der Waals surface area contributed by atoms with Gasteiger partial charge in [0.05, 0.1) is 4.92 Å². The summed E-state index contributed by atoms with van der Waals surface area (Å²) in [6.07, 6.45) is 0. The van der Waals surface area contributed by atoms with Gasteiger partial charge in [0.25, 0.3) is 5.69 Å². The van der Waals surface area contributed by atoms with Crippen molar-refractivity contribution in [2.75, 3.05) is 25.5 Å². The summed E-state index contributed by atoms with van der Waals surface area (Å²) in [6, 6.07) is 3.71. The molecule has 0 aromatic heterocycles. The first-order valence-corrected chi connectivity index (χ1v) is 7.46. The van der Waals surface area contributed by atoms with Crippen LogP contribution in [0.25, 0.3) is 0 Å². The van der Waals surface area contributed by atoms with Gasteiger partial charge in [-0.3, -0.25) is 14.9 Å². The molecule has 0 radical (unpaired) electrons. The van der Waals surface area contributed by atoms with Crippen LogP contribution in [0.3, 0.4) is 0 Å². The monoisotopic (exact) mass is 316 g/mol. The Morgan fingerprint density at radius 3 is 2.52 bits per heavy atom. The predicted molar refractivity (Wildman–Crippen MR) is 76.5 cm³/mol. The van der Waals surface area contributed by atoms with Crippen LogP contribution in [0.15, 0.2) is 23.1 Å². The predicted octanol–water partition coefficient (Wildman–Crippen LogP) is 0.0509. The van der Waals surface area contributed by atoms with Crippen molar-refractivity contribution in [3.63, 3.8) is 0 Å². The number of carbonyl (C=O) groups is 1. The first kappa shape index (κ1) is 16.9. The lowest BCUT2D eigenvalue weighted by atomic mass is 10.3. The van der Waals surface area contributed by atoms with E-state index >= 15 is 0 Å². The second-order valence-corrected chi connectivity index (χ2v) is 5.81. The molecule has 1 aromatic rings. The minimum atomic E-state index is -4.05. The third kappa shape index (κ3) is 4.68. The standard InChI is InChI=1S/C11H16N4O5S/c1-8(16)13-5-6-14-21(19,20)11-7-9(12-2)3-4-10(11)15(17)18/h3-4,7,12,14H,5-6H2,1-2H3,(H,13,16). The molecule has 9 nitrogen and oxygen atoms in total. The van der Waals surface area contributed by atoms with Gasteiger partial charge in [-0.2, -0.15) is 0 Å². The normalized spacial score (nSPS) is 11.0. The Balaban J connectivity index is 3.00. The molecule has 1 amide bonds. The van der Waals surface area contributed by atoms with Gasteiger partial charge in [-0.15, -0.1) is 0 Å². The number of anilines is 1. The van der Waals surface area contributed by atoms with Crippen LogP contribution in [0.2, 0.25) is 0 Å². The smallest absolute Gasteiger partial charge is 0.289 e. The average molecular weight is 316 g/mol. The fourth-order valence-corrected chi connectivity index (χ4v) is 2.76. The van der Waals surface area contributed by atoms with Gasteiger partial charge in [-0.05, 0) is 12.1 Å². The van der Waals surface area contributed by atoms with Gasteiger partial charge in [-0.25, -0.2) is 13.1 Å². The summed E-state index contributed by atoms with van der Waals surface area (Å²) in [5.74, 6) is -0.294. The zero-order valence-corrected chi connectivity index (χ0v) is 12.4. The maximum atomic E-state index is 12.1. The van der Waals surface area contributed by atoms with Crippen LogP contribution in [-0.4, -0.2) is 39.4 Å².